The fourth-order valence-electron chi connectivity index (χ4n) is 1.26. The second-order valence-electron chi connectivity index (χ2n) is 2.77. The summed E-state index contributed by atoms with van der Waals surface area (Å²) < 4.78 is 37.2. The van der Waals surface area contributed by atoms with Crippen LogP contribution in [0.15, 0.2) is 18.2 Å². The summed E-state index contributed by atoms with van der Waals surface area (Å²) >= 11 is 0. The van der Waals surface area contributed by atoms with Crippen LogP contribution in [0.5, 0.6) is 5.88 Å². The van der Waals surface area contributed by atoms with Crippen molar-refractivity contribution in [2.45, 2.75) is 6.18 Å². The highest BCUT2D eigenvalue weighted by Crippen LogP contribution is 2.35. The van der Waals surface area contributed by atoms with Gasteiger partial charge in [0.05, 0.1) is 16.5 Å². The lowest BCUT2D eigenvalue weighted by atomic mass is 10.1. The Balaban J connectivity index is 2.79. The Labute approximate surface area is 76.2 Å². The molecule has 2 rings (SSSR count). The first-order valence-corrected chi connectivity index (χ1v) is 3.73. The van der Waals surface area contributed by atoms with Gasteiger partial charge in [0.1, 0.15) is 0 Å². The maximum atomic E-state index is 12.4. The molecule has 0 aliphatic rings. The Morgan fingerprint density at radius 1 is 1.29 bits per heavy atom. The molecule has 0 saturated heterocycles. The molecule has 2 N–H and O–H groups in total. The molecule has 0 bridgehead atoms. The lowest BCUT2D eigenvalue weighted by Gasteiger charge is -2.06. The summed E-state index contributed by atoms with van der Waals surface area (Å²) in [4.78, 5) is 0. The van der Waals surface area contributed by atoms with Gasteiger partial charge in [-0.25, -0.2) is 0 Å². The molecule has 0 atom stereocenters. The predicted octanol–water partition coefficient (Wildman–Crippen LogP) is 2.29. The van der Waals surface area contributed by atoms with Crippen LogP contribution in [0, 0.1) is 0 Å². The number of H-pyrrole nitrogens is 1. The summed E-state index contributed by atoms with van der Waals surface area (Å²) in [5, 5.41) is 14.6. The van der Waals surface area contributed by atoms with E-state index in [1.165, 1.54) is 12.1 Å². The van der Waals surface area contributed by atoms with Gasteiger partial charge in [0, 0.05) is 0 Å². The van der Waals surface area contributed by atoms with Gasteiger partial charge in [-0.05, 0) is 12.1 Å². The normalized spacial score (nSPS) is 12.2. The second-order valence-corrected chi connectivity index (χ2v) is 2.77. The molecule has 74 valence electrons. The van der Waals surface area contributed by atoms with Gasteiger partial charge in [0.25, 0.3) is 0 Å². The first-order valence-electron chi connectivity index (χ1n) is 3.73. The first kappa shape index (κ1) is 8.86. The van der Waals surface area contributed by atoms with E-state index < -0.39 is 17.6 Å². The van der Waals surface area contributed by atoms with Crippen molar-refractivity contribution < 1.29 is 18.3 Å². The van der Waals surface area contributed by atoms with Crippen LogP contribution in [0.25, 0.3) is 10.9 Å². The number of aromatic nitrogens is 2. The third kappa shape index (κ3) is 1.19. The van der Waals surface area contributed by atoms with Gasteiger partial charge in [0.2, 0.25) is 5.88 Å². The molecule has 0 spiro atoms. The molecule has 2 aromatic rings. The van der Waals surface area contributed by atoms with Crippen molar-refractivity contribution in [1.82, 2.24) is 10.2 Å². The Hall–Kier alpha value is -1.72. The molecule has 1 aromatic heterocycles. The van der Waals surface area contributed by atoms with Crippen LogP contribution in [-0.2, 0) is 6.18 Å². The molecule has 0 saturated carbocycles. The molecule has 1 aromatic carbocycles. The molecule has 0 aliphatic carbocycles. The van der Waals surface area contributed by atoms with Crippen molar-refractivity contribution >= 4 is 10.9 Å². The average Bonchev–Trinajstić information content (AvgIpc) is 2.46. The van der Waals surface area contributed by atoms with Crippen molar-refractivity contribution in [2.75, 3.05) is 0 Å². The van der Waals surface area contributed by atoms with Gasteiger partial charge in [-0.2, -0.15) is 13.2 Å². The van der Waals surface area contributed by atoms with Crippen molar-refractivity contribution in [3.63, 3.8) is 0 Å². The van der Waals surface area contributed by atoms with E-state index in [0.29, 0.717) is 0 Å². The Bertz CT molecular complexity index is 475. The first-order chi connectivity index (χ1) is 6.50. The van der Waals surface area contributed by atoms with Crippen molar-refractivity contribution in [1.29, 1.82) is 0 Å². The lowest BCUT2D eigenvalue weighted by Crippen LogP contribution is -2.05. The Morgan fingerprint density at radius 3 is 2.64 bits per heavy atom. The number of aromatic amines is 1. The van der Waals surface area contributed by atoms with E-state index >= 15 is 0 Å². The van der Waals surface area contributed by atoms with E-state index in [0.717, 1.165) is 6.07 Å². The van der Waals surface area contributed by atoms with E-state index in [2.05, 4.69) is 10.2 Å². The number of rotatable bonds is 0. The van der Waals surface area contributed by atoms with Crippen molar-refractivity contribution in [2.24, 2.45) is 0 Å². The maximum Gasteiger partial charge on any atom is 0.418 e. The highest BCUT2D eigenvalue weighted by molar-refractivity contribution is 5.86. The number of hydrogen-bond acceptors (Lipinski definition) is 2. The molecule has 1 heterocycles. The number of aromatic hydroxyl groups is 1. The van der Waals surface area contributed by atoms with E-state index in [-0.39, 0.29) is 10.9 Å². The number of hydrogen-bond donors (Lipinski definition) is 2. The molecule has 0 amide bonds. The van der Waals surface area contributed by atoms with Gasteiger partial charge in [-0.1, -0.05) is 6.07 Å². The standard InChI is InChI=1S/C8H5F3N2O/c9-8(10,11)5-3-1-2-4-6(5)12-13-7(4)14/h1-3H,(H2,12,13,14). The predicted molar refractivity (Wildman–Crippen MR) is 42.8 cm³/mol. The number of para-hydroxylation sites is 1. The molecule has 6 heteroatoms. The maximum absolute atomic E-state index is 12.4. The molecule has 0 unspecified atom stereocenters. The minimum Gasteiger partial charge on any atom is -0.492 e. The summed E-state index contributed by atoms with van der Waals surface area (Å²) in [6.07, 6.45) is -4.45. The smallest absolute Gasteiger partial charge is 0.418 e. The summed E-state index contributed by atoms with van der Waals surface area (Å²) in [5.41, 5.74) is -1.03. The fourth-order valence-corrected chi connectivity index (χ4v) is 1.26. The number of nitrogens with zero attached hydrogens (tertiary/aromatic N) is 1. The fraction of sp³-hybridized carbons (Fsp3) is 0.125. The topological polar surface area (TPSA) is 48.9 Å². The van der Waals surface area contributed by atoms with Gasteiger partial charge in [0.15, 0.2) is 0 Å². The molecule has 14 heavy (non-hydrogen) atoms. The minimum atomic E-state index is -4.45. The zero-order valence-electron chi connectivity index (χ0n) is 6.76. The largest absolute Gasteiger partial charge is 0.492 e. The zero-order valence-corrected chi connectivity index (χ0v) is 6.76. The second kappa shape index (κ2) is 2.63. The third-order valence-electron chi connectivity index (χ3n) is 1.88. The highest BCUT2D eigenvalue weighted by atomic mass is 19.4. The Morgan fingerprint density at radius 2 is 2.00 bits per heavy atom. The van der Waals surface area contributed by atoms with Gasteiger partial charge in [-0.3, -0.25) is 5.10 Å². The van der Waals surface area contributed by atoms with Crippen LogP contribution in [0.4, 0.5) is 13.2 Å². The van der Waals surface area contributed by atoms with Crippen molar-refractivity contribution in [3.8, 4) is 5.88 Å². The van der Waals surface area contributed by atoms with E-state index in [9.17, 15) is 13.2 Å². The number of alkyl halides is 3. The van der Waals surface area contributed by atoms with Gasteiger partial charge < -0.3 is 5.11 Å². The SMILES string of the molecule is Oc1n[nH]c2c(C(F)(F)F)cccc12. The van der Waals surface area contributed by atoms with Crippen LogP contribution in [0.3, 0.4) is 0 Å². The van der Waals surface area contributed by atoms with Gasteiger partial charge >= 0.3 is 6.18 Å². The van der Waals surface area contributed by atoms with E-state index in [1.807, 2.05) is 0 Å². The average molecular weight is 202 g/mol. The summed E-state index contributed by atoms with van der Waals surface area (Å²) in [7, 11) is 0. The summed E-state index contributed by atoms with van der Waals surface area (Å²) in [6.45, 7) is 0. The number of halogens is 3. The van der Waals surface area contributed by atoms with E-state index in [1.54, 1.807) is 0 Å². The molecule has 0 aliphatic heterocycles. The number of nitrogens with one attached hydrogen (secondary N) is 1. The molecule has 0 fully saturated rings. The Kier molecular flexibility index (Phi) is 1.67. The molecule has 0 radical (unpaired) electrons. The van der Waals surface area contributed by atoms with Crippen LogP contribution < -0.4 is 0 Å². The van der Waals surface area contributed by atoms with Crippen LogP contribution >= 0.6 is 0 Å². The lowest BCUT2D eigenvalue weighted by molar-refractivity contribution is -0.136. The number of fused-ring (bicyclic) bond motifs is 1. The monoisotopic (exact) mass is 202 g/mol. The van der Waals surface area contributed by atoms with E-state index in [4.69, 9.17) is 5.11 Å². The van der Waals surface area contributed by atoms with Crippen molar-refractivity contribution in [3.05, 3.63) is 23.8 Å². The van der Waals surface area contributed by atoms with Crippen LogP contribution in [0.2, 0.25) is 0 Å². The quantitative estimate of drug-likeness (QED) is 0.688. The van der Waals surface area contributed by atoms with Gasteiger partial charge in [-0.15, -0.1) is 5.10 Å². The highest BCUT2D eigenvalue weighted by Gasteiger charge is 2.33. The molecular formula is C8H5F3N2O. The zero-order chi connectivity index (χ0) is 10.3. The van der Waals surface area contributed by atoms with Crippen LogP contribution in [-0.4, -0.2) is 15.3 Å². The third-order valence-corrected chi connectivity index (χ3v) is 1.88. The number of benzene rings is 1. The molecule has 3 nitrogen and oxygen atoms in total. The minimum absolute atomic E-state index is 0.0693. The summed E-state index contributed by atoms with van der Waals surface area (Å²) in [5.74, 6) is -0.425. The summed E-state index contributed by atoms with van der Waals surface area (Å²) in [6, 6.07) is 3.52. The van der Waals surface area contributed by atoms with Crippen LogP contribution in [0.1, 0.15) is 5.56 Å². The molecular weight excluding hydrogens is 197 g/mol.